The third-order valence-electron chi connectivity index (χ3n) is 2.63. The predicted molar refractivity (Wildman–Crippen MR) is 90.7 cm³/mol. The van der Waals surface area contributed by atoms with Gasteiger partial charge in [0.25, 0.3) is 0 Å². The van der Waals surface area contributed by atoms with Crippen LogP contribution in [0.4, 0.5) is 5.69 Å². The van der Waals surface area contributed by atoms with Crippen molar-refractivity contribution in [3.05, 3.63) is 24.3 Å². The monoisotopic (exact) mass is 334 g/mol. The van der Waals surface area contributed by atoms with Gasteiger partial charge in [-0.25, -0.2) is 0 Å². The van der Waals surface area contributed by atoms with Gasteiger partial charge in [0.2, 0.25) is 5.91 Å². The van der Waals surface area contributed by atoms with Gasteiger partial charge in [-0.15, -0.1) is 12.4 Å². The van der Waals surface area contributed by atoms with E-state index in [-0.39, 0.29) is 18.3 Å². The molecule has 1 aromatic rings. The lowest BCUT2D eigenvalue weighted by Gasteiger charge is -2.12. The van der Waals surface area contributed by atoms with Crippen LogP contribution in [-0.4, -0.2) is 44.3 Å². The van der Waals surface area contributed by atoms with Crippen molar-refractivity contribution in [1.82, 2.24) is 0 Å². The number of rotatable bonds is 9. The summed E-state index contributed by atoms with van der Waals surface area (Å²) < 4.78 is 10.4. The Kier molecular flexibility index (Phi) is 11.2. The van der Waals surface area contributed by atoms with Gasteiger partial charge in [0.05, 0.1) is 12.6 Å². The number of carbonyl (C=O) groups excluding carboxylic acids is 1. The maximum Gasteiger partial charge on any atom is 0.241 e. The van der Waals surface area contributed by atoms with E-state index >= 15 is 0 Å². The minimum Gasteiger partial charge on any atom is -0.491 e. The lowest BCUT2D eigenvalue weighted by Crippen LogP contribution is -2.36. The first-order valence-corrected chi connectivity index (χ1v) is 7.84. The van der Waals surface area contributed by atoms with Gasteiger partial charge in [-0.2, -0.15) is 11.8 Å². The number of anilines is 1. The SMILES string of the molecule is COCCOc1cccc(NC(=O)[C@@H](N)CCSC)c1.Cl. The molecule has 1 atom stereocenters. The Bertz CT molecular complexity index is 421. The normalized spacial score (nSPS) is 11.4. The number of carbonyl (C=O) groups is 1. The molecule has 0 spiro atoms. The minimum atomic E-state index is -0.486. The van der Waals surface area contributed by atoms with Crippen LogP contribution in [0.15, 0.2) is 24.3 Å². The van der Waals surface area contributed by atoms with Crippen LogP contribution in [0.1, 0.15) is 6.42 Å². The molecule has 0 radical (unpaired) electrons. The lowest BCUT2D eigenvalue weighted by molar-refractivity contribution is -0.117. The summed E-state index contributed by atoms with van der Waals surface area (Å²) in [4.78, 5) is 11.9. The van der Waals surface area contributed by atoms with Crippen LogP contribution in [0.5, 0.6) is 5.75 Å². The average molecular weight is 335 g/mol. The second-order valence-electron chi connectivity index (χ2n) is 4.25. The molecular weight excluding hydrogens is 312 g/mol. The first-order chi connectivity index (χ1) is 9.67. The Hall–Kier alpha value is -0.950. The first kappa shape index (κ1) is 20.1. The highest BCUT2D eigenvalue weighted by molar-refractivity contribution is 7.98. The van der Waals surface area contributed by atoms with E-state index in [2.05, 4.69) is 5.32 Å². The highest BCUT2D eigenvalue weighted by atomic mass is 35.5. The highest BCUT2D eigenvalue weighted by Gasteiger charge is 2.13. The molecule has 0 aromatic heterocycles. The van der Waals surface area contributed by atoms with Gasteiger partial charge in [-0.05, 0) is 30.6 Å². The number of ether oxygens (including phenoxy) is 2. The Morgan fingerprint density at radius 1 is 1.43 bits per heavy atom. The molecule has 1 amide bonds. The molecule has 5 nitrogen and oxygen atoms in total. The van der Waals surface area contributed by atoms with Crippen molar-refractivity contribution in [2.45, 2.75) is 12.5 Å². The fraction of sp³-hybridized carbons (Fsp3) is 0.500. The molecule has 0 unspecified atom stereocenters. The van der Waals surface area contributed by atoms with Crippen molar-refractivity contribution < 1.29 is 14.3 Å². The third-order valence-corrected chi connectivity index (χ3v) is 3.27. The van der Waals surface area contributed by atoms with Gasteiger partial charge in [0.1, 0.15) is 12.4 Å². The molecule has 1 aromatic carbocycles. The zero-order valence-electron chi connectivity index (χ0n) is 12.3. The molecule has 0 bridgehead atoms. The van der Waals surface area contributed by atoms with Crippen LogP contribution in [0.25, 0.3) is 0 Å². The second-order valence-corrected chi connectivity index (χ2v) is 5.23. The summed E-state index contributed by atoms with van der Waals surface area (Å²) in [5.41, 5.74) is 6.50. The number of amides is 1. The van der Waals surface area contributed by atoms with Crippen molar-refractivity contribution >= 4 is 35.8 Å². The van der Waals surface area contributed by atoms with Crippen molar-refractivity contribution in [2.75, 3.05) is 37.6 Å². The standard InChI is InChI=1S/C14H22N2O3S.ClH/c1-18-7-8-19-12-5-3-4-11(10-12)16-14(17)13(15)6-9-20-2;/h3-5,10,13H,6-9,15H2,1-2H3,(H,16,17);1H/t13-;/m0./s1. The first-order valence-electron chi connectivity index (χ1n) is 6.44. The molecule has 120 valence electrons. The van der Waals surface area contributed by atoms with E-state index in [1.165, 1.54) is 0 Å². The summed E-state index contributed by atoms with van der Waals surface area (Å²) in [5.74, 6) is 1.39. The summed E-state index contributed by atoms with van der Waals surface area (Å²) in [6.45, 7) is 0.997. The van der Waals surface area contributed by atoms with E-state index in [0.29, 0.717) is 31.1 Å². The average Bonchev–Trinajstić information content (AvgIpc) is 2.45. The lowest BCUT2D eigenvalue weighted by atomic mass is 10.2. The molecule has 7 heteroatoms. The maximum absolute atomic E-state index is 11.9. The van der Waals surface area contributed by atoms with E-state index in [1.807, 2.05) is 24.5 Å². The Morgan fingerprint density at radius 2 is 2.19 bits per heavy atom. The number of benzene rings is 1. The van der Waals surface area contributed by atoms with Gasteiger partial charge in [-0.1, -0.05) is 6.07 Å². The van der Waals surface area contributed by atoms with Crippen molar-refractivity contribution in [3.8, 4) is 5.75 Å². The van der Waals surface area contributed by atoms with Crippen LogP contribution >= 0.6 is 24.2 Å². The molecule has 0 fully saturated rings. The number of hydrogen-bond donors (Lipinski definition) is 2. The maximum atomic E-state index is 11.9. The molecule has 3 N–H and O–H groups in total. The fourth-order valence-electron chi connectivity index (χ4n) is 1.52. The van der Waals surface area contributed by atoms with Gasteiger partial charge in [0, 0.05) is 18.9 Å². The van der Waals surface area contributed by atoms with E-state index in [4.69, 9.17) is 15.2 Å². The van der Waals surface area contributed by atoms with Crippen LogP contribution in [0.3, 0.4) is 0 Å². The molecule has 0 saturated carbocycles. The van der Waals surface area contributed by atoms with E-state index in [1.54, 1.807) is 24.9 Å². The van der Waals surface area contributed by atoms with E-state index < -0.39 is 6.04 Å². The van der Waals surface area contributed by atoms with Crippen LogP contribution in [0.2, 0.25) is 0 Å². The summed E-state index contributed by atoms with van der Waals surface area (Å²) >= 11 is 1.68. The zero-order chi connectivity index (χ0) is 14.8. The number of thioether (sulfide) groups is 1. The third kappa shape index (κ3) is 8.16. The largest absolute Gasteiger partial charge is 0.491 e. The molecule has 21 heavy (non-hydrogen) atoms. The van der Waals surface area contributed by atoms with Gasteiger partial charge < -0.3 is 20.5 Å². The van der Waals surface area contributed by atoms with E-state index in [0.717, 1.165) is 5.75 Å². The number of hydrogen-bond acceptors (Lipinski definition) is 5. The summed E-state index contributed by atoms with van der Waals surface area (Å²) in [6.07, 6.45) is 2.66. The number of halogens is 1. The molecule has 0 aliphatic rings. The quantitative estimate of drug-likeness (QED) is 0.677. The van der Waals surface area contributed by atoms with Gasteiger partial charge in [-0.3, -0.25) is 4.79 Å². The second kappa shape index (κ2) is 11.7. The highest BCUT2D eigenvalue weighted by Crippen LogP contribution is 2.17. The number of methoxy groups -OCH3 is 1. The number of nitrogens with two attached hydrogens (primary N) is 1. The summed E-state index contributed by atoms with van der Waals surface area (Å²) in [5, 5.41) is 2.80. The van der Waals surface area contributed by atoms with Gasteiger partial charge in [0.15, 0.2) is 0 Å². The zero-order valence-corrected chi connectivity index (χ0v) is 14.0. The van der Waals surface area contributed by atoms with Gasteiger partial charge >= 0.3 is 0 Å². The van der Waals surface area contributed by atoms with Crippen LogP contribution in [0, 0.1) is 0 Å². The predicted octanol–water partition coefficient (Wildman–Crippen LogP) is 2.15. The summed E-state index contributed by atoms with van der Waals surface area (Å²) in [7, 11) is 1.62. The smallest absolute Gasteiger partial charge is 0.241 e. The molecular formula is C14H23ClN2O3S. The van der Waals surface area contributed by atoms with Crippen LogP contribution in [-0.2, 0) is 9.53 Å². The fourth-order valence-corrected chi connectivity index (χ4v) is 2.01. The number of nitrogens with one attached hydrogen (secondary N) is 1. The Labute approximate surface area is 136 Å². The van der Waals surface area contributed by atoms with E-state index in [9.17, 15) is 4.79 Å². The van der Waals surface area contributed by atoms with Crippen LogP contribution < -0.4 is 15.8 Å². The van der Waals surface area contributed by atoms with Crippen molar-refractivity contribution in [2.24, 2.45) is 5.73 Å². The minimum absolute atomic E-state index is 0. The van der Waals surface area contributed by atoms with Crippen molar-refractivity contribution in [1.29, 1.82) is 0 Å². The molecule has 0 saturated heterocycles. The Balaban J connectivity index is 0.00000400. The molecule has 0 heterocycles. The van der Waals surface area contributed by atoms with Crippen molar-refractivity contribution in [3.63, 3.8) is 0 Å². The topological polar surface area (TPSA) is 73.6 Å². The molecule has 0 aliphatic carbocycles. The summed E-state index contributed by atoms with van der Waals surface area (Å²) in [6, 6.07) is 6.75. The molecule has 0 aliphatic heterocycles. The Morgan fingerprint density at radius 3 is 2.86 bits per heavy atom. The molecule has 1 rings (SSSR count).